The van der Waals surface area contributed by atoms with Gasteiger partial charge in [-0.1, -0.05) is 95.4 Å². The summed E-state index contributed by atoms with van der Waals surface area (Å²) in [4.78, 5) is 0. The van der Waals surface area contributed by atoms with Crippen molar-refractivity contribution in [1.82, 2.24) is 0 Å². The third-order valence-corrected chi connectivity index (χ3v) is 2.41. The number of rotatable bonds is 6. The second-order valence-corrected chi connectivity index (χ2v) is 3.55. The molecule has 0 aliphatic rings. The molecular formula is C21H32O. The molecule has 0 saturated heterocycles. The van der Waals surface area contributed by atoms with Gasteiger partial charge < -0.3 is 5.11 Å². The highest BCUT2D eigenvalue weighted by Gasteiger charge is 2.30. The van der Waals surface area contributed by atoms with E-state index >= 15 is 0 Å². The Morgan fingerprint density at radius 3 is 1.86 bits per heavy atom. The number of aliphatic hydroxyl groups is 1. The summed E-state index contributed by atoms with van der Waals surface area (Å²) in [5.41, 5.74) is -0.241. The van der Waals surface area contributed by atoms with Gasteiger partial charge in [0.05, 0.1) is 0 Å². The molecule has 122 valence electrons. The van der Waals surface area contributed by atoms with E-state index in [1.54, 1.807) is 42.5 Å². The Bertz CT molecular complexity index is 453. The molecule has 0 aromatic carbocycles. The first-order valence-corrected chi connectivity index (χ1v) is 7.72. The number of hydrogen-bond donors (Lipinski definition) is 1. The van der Waals surface area contributed by atoms with Gasteiger partial charge in [0, 0.05) is 5.57 Å². The van der Waals surface area contributed by atoms with Crippen molar-refractivity contribution in [2.45, 2.75) is 47.1 Å². The van der Waals surface area contributed by atoms with Crippen LogP contribution in [0.2, 0.25) is 0 Å². The zero-order chi connectivity index (χ0) is 18.0. The van der Waals surface area contributed by atoms with E-state index in [0.29, 0.717) is 11.1 Å². The maximum atomic E-state index is 10.7. The molecule has 0 amide bonds. The van der Waals surface area contributed by atoms with Crippen molar-refractivity contribution >= 4 is 0 Å². The molecule has 0 aliphatic carbocycles. The molecular weight excluding hydrogens is 268 g/mol. The number of allylic oxidation sites excluding steroid dienone is 6. The maximum absolute atomic E-state index is 10.7. The average molecular weight is 300 g/mol. The Labute approximate surface area is 138 Å². The third kappa shape index (κ3) is 8.29. The van der Waals surface area contributed by atoms with E-state index in [4.69, 9.17) is 6.42 Å². The minimum absolute atomic E-state index is 0.601. The number of hydrogen-bond acceptors (Lipinski definition) is 1. The summed E-state index contributed by atoms with van der Waals surface area (Å²) in [5, 5.41) is 10.7. The summed E-state index contributed by atoms with van der Waals surface area (Å²) in [6.07, 6.45) is 19.3. The largest absolute Gasteiger partial charge is 0.369 e. The van der Waals surface area contributed by atoms with Crippen molar-refractivity contribution in [2.75, 3.05) is 0 Å². The fourth-order valence-corrected chi connectivity index (χ4v) is 1.53. The van der Waals surface area contributed by atoms with Crippen molar-refractivity contribution in [1.29, 1.82) is 0 Å². The van der Waals surface area contributed by atoms with Crippen LogP contribution in [0.5, 0.6) is 0 Å². The summed E-state index contributed by atoms with van der Waals surface area (Å²) < 4.78 is 0. The van der Waals surface area contributed by atoms with E-state index in [9.17, 15) is 5.11 Å². The molecule has 1 unspecified atom stereocenters. The molecule has 0 aromatic heterocycles. The van der Waals surface area contributed by atoms with Gasteiger partial charge in [0.25, 0.3) is 0 Å². The Hall–Kier alpha value is -2.04. The van der Waals surface area contributed by atoms with Gasteiger partial charge in [0.2, 0.25) is 0 Å². The van der Waals surface area contributed by atoms with Gasteiger partial charge in [-0.2, -0.15) is 0 Å². The van der Waals surface area contributed by atoms with Crippen molar-refractivity contribution < 1.29 is 5.11 Å². The Morgan fingerprint density at radius 1 is 1.00 bits per heavy atom. The van der Waals surface area contributed by atoms with Gasteiger partial charge in [-0.3, -0.25) is 0 Å². The molecule has 0 heterocycles. The van der Waals surface area contributed by atoms with Crippen molar-refractivity contribution in [3.8, 4) is 12.3 Å². The third-order valence-electron chi connectivity index (χ3n) is 2.41. The van der Waals surface area contributed by atoms with Crippen LogP contribution in [0.15, 0.2) is 72.9 Å². The minimum Gasteiger partial charge on any atom is -0.369 e. The van der Waals surface area contributed by atoms with Crippen LogP contribution < -0.4 is 0 Å². The second-order valence-electron chi connectivity index (χ2n) is 3.55. The van der Waals surface area contributed by atoms with Crippen LogP contribution in [-0.2, 0) is 0 Å². The second kappa shape index (κ2) is 17.0. The topological polar surface area (TPSA) is 20.2 Å². The van der Waals surface area contributed by atoms with Gasteiger partial charge in [-0.25, -0.2) is 0 Å². The van der Waals surface area contributed by atoms with E-state index < -0.39 is 5.60 Å². The van der Waals surface area contributed by atoms with E-state index in [0.717, 1.165) is 0 Å². The lowest BCUT2D eigenvalue weighted by Gasteiger charge is -2.25. The standard InChI is InChI=1S/C17H20O.2C2H6/c1-6-11-14-15(9-4)17(18,10-5)16(12-7-2)13-8-3;2*1-2/h5-9,11-14,18H,1-2H2,3-4H3;2*1-2H3/b13-8-,14-11-,15-9+,16-12+;;. The first-order chi connectivity index (χ1) is 10.6. The molecule has 1 atom stereocenters. The summed E-state index contributed by atoms with van der Waals surface area (Å²) in [5.74, 6) is 2.44. The first kappa shape index (κ1) is 24.9. The highest BCUT2D eigenvalue weighted by molar-refractivity contribution is 5.52. The molecule has 1 N–H and O–H groups in total. The summed E-state index contributed by atoms with van der Waals surface area (Å²) in [7, 11) is 0. The monoisotopic (exact) mass is 300 g/mol. The van der Waals surface area contributed by atoms with Crippen LogP contribution >= 0.6 is 0 Å². The van der Waals surface area contributed by atoms with Gasteiger partial charge >= 0.3 is 0 Å². The van der Waals surface area contributed by atoms with Gasteiger partial charge in [0.1, 0.15) is 0 Å². The maximum Gasteiger partial charge on any atom is 0.176 e. The van der Waals surface area contributed by atoms with Crippen LogP contribution in [0.4, 0.5) is 0 Å². The molecule has 0 rings (SSSR count). The molecule has 1 nitrogen and oxygen atoms in total. The molecule has 0 aromatic rings. The summed E-state index contributed by atoms with van der Waals surface area (Å²) >= 11 is 0. The molecule has 0 bridgehead atoms. The number of terminal acetylenes is 1. The average Bonchev–Trinajstić information content (AvgIpc) is 2.58. The smallest absolute Gasteiger partial charge is 0.176 e. The Balaban J connectivity index is -0.000000826. The zero-order valence-corrected chi connectivity index (χ0v) is 15.1. The van der Waals surface area contributed by atoms with Gasteiger partial charge in [0.15, 0.2) is 5.60 Å². The minimum atomic E-state index is -1.46. The van der Waals surface area contributed by atoms with Crippen molar-refractivity contribution in [2.24, 2.45) is 0 Å². The molecule has 0 radical (unpaired) electrons. The zero-order valence-electron chi connectivity index (χ0n) is 15.1. The van der Waals surface area contributed by atoms with Gasteiger partial charge in [-0.05, 0) is 19.4 Å². The van der Waals surface area contributed by atoms with Crippen LogP contribution in [0.1, 0.15) is 41.5 Å². The summed E-state index contributed by atoms with van der Waals surface area (Å²) in [6, 6.07) is 0. The predicted octanol–water partition coefficient (Wildman–Crippen LogP) is 5.78. The van der Waals surface area contributed by atoms with E-state index in [1.807, 2.05) is 47.6 Å². The molecule has 22 heavy (non-hydrogen) atoms. The van der Waals surface area contributed by atoms with Gasteiger partial charge in [-0.15, -0.1) is 6.42 Å². The lowest BCUT2D eigenvalue weighted by molar-refractivity contribution is 0.186. The molecule has 0 spiro atoms. The Kier molecular flexibility index (Phi) is 19.3. The quantitative estimate of drug-likeness (QED) is 0.487. The predicted molar refractivity (Wildman–Crippen MR) is 103 cm³/mol. The fourth-order valence-electron chi connectivity index (χ4n) is 1.53. The fraction of sp³-hybridized carbons (Fsp3) is 0.333. The van der Waals surface area contributed by atoms with E-state index in [-0.39, 0.29) is 0 Å². The highest BCUT2D eigenvalue weighted by atomic mass is 16.3. The molecule has 1 heteroatoms. The summed E-state index contributed by atoms with van der Waals surface area (Å²) in [6.45, 7) is 18.9. The van der Waals surface area contributed by atoms with Crippen LogP contribution in [0.25, 0.3) is 0 Å². The molecule has 0 aliphatic heterocycles. The lowest BCUT2D eigenvalue weighted by atomic mass is 9.85. The highest BCUT2D eigenvalue weighted by Crippen LogP contribution is 2.27. The molecule has 0 saturated carbocycles. The normalized spacial score (nSPS) is 14.1. The van der Waals surface area contributed by atoms with Crippen LogP contribution in [0.3, 0.4) is 0 Å². The first-order valence-electron chi connectivity index (χ1n) is 7.72. The molecule has 0 fully saturated rings. The van der Waals surface area contributed by atoms with E-state index in [2.05, 4.69) is 19.1 Å². The SMILES string of the molecule is C#CC(O)(C(/C=C\C=C)=C/C)C(/C=C\C)=C/C=C.CC.CC. The Morgan fingerprint density at radius 2 is 1.55 bits per heavy atom. The van der Waals surface area contributed by atoms with Crippen LogP contribution in [0, 0.1) is 12.3 Å². The lowest BCUT2D eigenvalue weighted by Crippen LogP contribution is -2.30. The van der Waals surface area contributed by atoms with E-state index in [1.165, 1.54) is 0 Å². The van der Waals surface area contributed by atoms with Crippen molar-refractivity contribution in [3.63, 3.8) is 0 Å². The van der Waals surface area contributed by atoms with Crippen LogP contribution in [-0.4, -0.2) is 10.7 Å². The van der Waals surface area contributed by atoms with Crippen molar-refractivity contribution in [3.05, 3.63) is 72.9 Å².